The molecule has 0 spiro atoms. The molecule has 0 saturated carbocycles. The second-order valence-electron chi connectivity index (χ2n) is 24.5. The molecule has 0 unspecified atom stereocenters. The van der Waals surface area contributed by atoms with Crippen LogP contribution in [0, 0.1) is 39.9 Å². The van der Waals surface area contributed by atoms with E-state index in [0.29, 0.717) is 136 Å². The monoisotopic (exact) mass is 1840 g/mol. The molecule has 0 saturated heterocycles. The Bertz CT molecular complexity index is 2770. The maximum atomic E-state index is 13.9. The van der Waals surface area contributed by atoms with Gasteiger partial charge in [-0.05, 0) is 53.1 Å². The van der Waals surface area contributed by atoms with E-state index in [4.69, 9.17) is 128 Å². The molecule has 0 aliphatic carbocycles. The summed E-state index contributed by atoms with van der Waals surface area (Å²) in [5.74, 6) is -5.33. The molecule has 669 valence electrons. The Hall–Kier alpha value is -5.11. The first-order valence-corrected chi connectivity index (χ1v) is 38.1. The molecule has 0 bridgehead atoms. The number of methoxy groups -OCH3 is 6. The van der Waals surface area contributed by atoms with Gasteiger partial charge in [-0.3, -0.25) is 19.5 Å². The minimum Gasteiger partial charge on any atom is -0.549 e. The average Bonchev–Trinajstić information content (AvgIpc) is 0.820. The third-order valence-corrected chi connectivity index (χ3v) is 15.3. The molecule has 0 aliphatic heterocycles. The molecular weight excluding hydrogens is 1720 g/mol. The number of nitrogens with zero attached hydrogens (tertiary/aromatic N) is 3. The number of rotatable bonds is 84. The molecule has 3 aromatic rings. The van der Waals surface area contributed by atoms with Crippen LogP contribution in [-0.4, -0.2) is 384 Å². The molecule has 0 fully saturated rings. The van der Waals surface area contributed by atoms with Crippen molar-refractivity contribution in [2.45, 2.75) is 19.8 Å². The molecule has 41 heteroatoms. The first kappa shape index (κ1) is 111. The predicted octanol–water partition coefficient (Wildman–Crippen LogP) is -5.85. The van der Waals surface area contributed by atoms with Crippen molar-refractivity contribution in [1.29, 1.82) is 0 Å². The molecule has 0 aromatic heterocycles. The first-order valence-electron chi connectivity index (χ1n) is 38.1. The van der Waals surface area contributed by atoms with Crippen molar-refractivity contribution in [3.8, 4) is 46.0 Å². The summed E-state index contributed by atoms with van der Waals surface area (Å²) in [5, 5.41) is 46.7. The molecule has 1 radical (unpaired) electrons. The van der Waals surface area contributed by atoms with Gasteiger partial charge in [0, 0.05) is 101 Å². The van der Waals surface area contributed by atoms with E-state index in [-0.39, 0.29) is 274 Å². The van der Waals surface area contributed by atoms with Crippen molar-refractivity contribution >= 4 is 29.8 Å². The van der Waals surface area contributed by atoms with E-state index in [1.807, 2.05) is 0 Å². The van der Waals surface area contributed by atoms with Crippen LogP contribution in [0.2, 0.25) is 0 Å². The van der Waals surface area contributed by atoms with Gasteiger partial charge in [-0.25, -0.2) is 0 Å². The summed E-state index contributed by atoms with van der Waals surface area (Å²) in [6.45, 7) is 4.39. The number of hydrogen-bond acceptors (Lipinski definition) is 39. The largest absolute Gasteiger partial charge is 3.00 e. The van der Waals surface area contributed by atoms with Crippen molar-refractivity contribution in [1.82, 2.24) is 14.7 Å². The quantitative estimate of drug-likeness (QED) is 0.0288. The van der Waals surface area contributed by atoms with E-state index in [1.54, 1.807) is 85.1 Å². The summed E-state index contributed by atoms with van der Waals surface area (Å²) in [4.78, 5) is 63.9. The minimum atomic E-state index is -1.60. The van der Waals surface area contributed by atoms with Crippen LogP contribution in [-0.2, 0) is 134 Å². The van der Waals surface area contributed by atoms with E-state index in [1.165, 1.54) is 4.90 Å². The maximum Gasteiger partial charge on any atom is 3.00 e. The van der Waals surface area contributed by atoms with Gasteiger partial charge in [0.2, 0.25) is 11.5 Å². The van der Waals surface area contributed by atoms with Crippen LogP contribution >= 0.6 is 0 Å². The Balaban J connectivity index is 0.0000348. The zero-order valence-corrected chi connectivity index (χ0v) is 73.6. The molecule has 118 heavy (non-hydrogen) atoms. The van der Waals surface area contributed by atoms with Gasteiger partial charge in [0.25, 0.3) is 0 Å². The molecule has 39 nitrogen and oxygen atoms in total. The van der Waals surface area contributed by atoms with Gasteiger partial charge >= 0.3 is 75.5 Å². The normalized spacial score (nSPS) is 11.2. The fourth-order valence-electron chi connectivity index (χ4n) is 9.77. The Morgan fingerprint density at radius 1 is 0.254 bits per heavy atom. The minimum absolute atomic E-state index is 0. The van der Waals surface area contributed by atoms with E-state index in [9.17, 15) is 44.4 Å². The molecular formula is C77H121GdN3NaO36. The van der Waals surface area contributed by atoms with Crippen molar-refractivity contribution in [2.75, 3.05) is 339 Å². The van der Waals surface area contributed by atoms with Crippen LogP contribution in [0.5, 0.6) is 46.0 Å². The molecule has 3 rings (SSSR count). The Morgan fingerprint density at radius 2 is 0.466 bits per heavy atom. The number of ether oxygens (including phenoxy) is 27. The van der Waals surface area contributed by atoms with Gasteiger partial charge in [-0.2, -0.15) is 0 Å². The number of carboxylic acid groups (broad SMARTS) is 4. The van der Waals surface area contributed by atoms with Gasteiger partial charge in [0.05, 0.1) is 229 Å². The third-order valence-electron chi connectivity index (χ3n) is 15.3. The molecule has 0 N–H and O–H groups in total. The zero-order chi connectivity index (χ0) is 84.0. The Labute approximate surface area is 745 Å². The standard InChI is InChI=1S/C77H125N3O36.Gd.Na/c1-90-11-17-96-23-29-102-35-41-108-67-49-63(50-68(109-42-36-103-30-24-97-18-12-91-2)76(67)112-45-39-106-33-27-100-21-15-94-5)59-114-65-47-62(61-116-75(89)58-80(57-74(87)88)10-8-78(54-71(81)82)7-9-79(55-72(83)84)56-73(85)86)48-66(53-65)115-60-64-51-69(110-43-37-104-31-25-98-19-13-92-3)77(113-46-40-107-34-28-101-22-16-95-6)70(52-64)111-44-38-105-32-26-99-20-14-93-4;;/h47-53H,7-46,54-61H2,1-6H3,(H,81,82)(H,83,84)(H,85,86)(H,87,88);;/q;+3;+1/p-4. The number of carbonyl (C=O) groups excluding carboxylic acids is 5. The summed E-state index contributed by atoms with van der Waals surface area (Å²) in [5.41, 5.74) is 1.36. The van der Waals surface area contributed by atoms with Gasteiger partial charge in [-0.15, -0.1) is 0 Å². The summed E-state index contributed by atoms with van der Waals surface area (Å²) < 4.78 is 156. The van der Waals surface area contributed by atoms with Crippen molar-refractivity contribution in [2.24, 2.45) is 0 Å². The van der Waals surface area contributed by atoms with Crippen LogP contribution < -0.4 is 87.9 Å². The van der Waals surface area contributed by atoms with Gasteiger partial charge in [-0.1, -0.05) is 0 Å². The van der Waals surface area contributed by atoms with E-state index < -0.39 is 69.2 Å². The van der Waals surface area contributed by atoms with Gasteiger partial charge < -0.3 is 167 Å². The summed E-state index contributed by atoms with van der Waals surface area (Å²) in [6.07, 6.45) is 0. The number of aliphatic carboxylic acids is 4. The van der Waals surface area contributed by atoms with Gasteiger partial charge in [0.15, 0.2) is 23.0 Å². The van der Waals surface area contributed by atoms with E-state index in [0.717, 1.165) is 9.80 Å². The number of benzene rings is 3. The number of carboxylic acids is 4. The SMILES string of the molecule is COCCOCCOCCOc1cc(COc2cc(COC(=O)CN(CCN(CCN(CC(=O)[O-])CC(=O)[O-])CC(=O)[O-])CC(=O)[O-])cc(OCc3cc(OCCOCCOCCOC)c(OCCOCCOCCOC)c(OCCOCCOCCOC)c3)c2)cc(OCCOCCOCCOC)c1OCCOCCOCCOC.[Gd+3].[Na+]. The number of hydrogen-bond donors (Lipinski definition) is 0. The van der Waals surface area contributed by atoms with Crippen molar-refractivity contribution in [3.63, 3.8) is 0 Å². The summed E-state index contributed by atoms with van der Waals surface area (Å²) in [6, 6.07) is 11.6. The van der Waals surface area contributed by atoms with Crippen LogP contribution in [0.25, 0.3) is 0 Å². The second-order valence-corrected chi connectivity index (χ2v) is 24.5. The van der Waals surface area contributed by atoms with Gasteiger partial charge in [0.1, 0.15) is 71.0 Å². The number of carbonyl (C=O) groups is 5. The van der Waals surface area contributed by atoms with Crippen molar-refractivity contribution < 1.29 is 242 Å². The fourth-order valence-corrected chi connectivity index (χ4v) is 9.77. The summed E-state index contributed by atoms with van der Waals surface area (Å²) >= 11 is 0. The molecule has 0 atom stereocenters. The van der Waals surface area contributed by atoms with Crippen LogP contribution in [0.1, 0.15) is 16.7 Å². The topological polar surface area (TPSA) is 437 Å². The zero-order valence-electron chi connectivity index (χ0n) is 69.4. The average molecular weight is 1850 g/mol. The summed E-state index contributed by atoms with van der Waals surface area (Å²) in [7, 11) is 9.50. The van der Waals surface area contributed by atoms with Crippen LogP contribution in [0.15, 0.2) is 42.5 Å². The van der Waals surface area contributed by atoms with E-state index in [2.05, 4.69) is 0 Å². The predicted molar refractivity (Wildman–Crippen MR) is 401 cm³/mol. The second kappa shape index (κ2) is 76.8. The first-order chi connectivity index (χ1) is 56.6. The van der Waals surface area contributed by atoms with Crippen LogP contribution in [0.3, 0.4) is 0 Å². The molecule has 0 heterocycles. The van der Waals surface area contributed by atoms with Crippen molar-refractivity contribution in [3.05, 3.63) is 59.2 Å². The Morgan fingerprint density at radius 3 is 0.720 bits per heavy atom. The van der Waals surface area contributed by atoms with Crippen LogP contribution in [0.4, 0.5) is 0 Å². The molecule has 3 aromatic carbocycles. The smallest absolute Gasteiger partial charge is 0.549 e. The molecule has 0 aliphatic rings. The fraction of sp³-hybridized carbons (Fsp3) is 0.701. The van der Waals surface area contributed by atoms with E-state index >= 15 is 0 Å². The molecule has 0 amide bonds. The third kappa shape index (κ3) is 59.6. The Kier molecular flexibility index (Phi) is 72.1. The number of esters is 1. The maximum absolute atomic E-state index is 13.9.